The Bertz CT molecular complexity index is 802. The van der Waals surface area contributed by atoms with E-state index in [0.717, 1.165) is 11.1 Å². The van der Waals surface area contributed by atoms with Gasteiger partial charge in [-0.25, -0.2) is 4.79 Å². The monoisotopic (exact) mass is 388 g/mol. The Morgan fingerprint density at radius 3 is 1.93 bits per heavy atom. The van der Waals surface area contributed by atoms with E-state index in [4.69, 9.17) is 13.8 Å². The molecule has 0 aliphatic heterocycles. The minimum absolute atomic E-state index is 0.0967. The van der Waals surface area contributed by atoms with Crippen molar-refractivity contribution in [2.45, 2.75) is 20.8 Å². The molecule has 0 aliphatic carbocycles. The van der Waals surface area contributed by atoms with Crippen LogP contribution < -0.4 is 0 Å². The topological polar surface area (TPSA) is 61.8 Å². The Kier molecular flexibility index (Phi) is 7.99. The molecule has 0 saturated heterocycles. The summed E-state index contributed by atoms with van der Waals surface area (Å²) < 4.78 is 28.8. The second kappa shape index (κ2) is 10.2. The number of hydrogen-bond donors (Lipinski definition) is 0. The molecule has 0 heterocycles. The third-order valence-electron chi connectivity index (χ3n) is 3.70. The largest absolute Gasteiger partial charge is 0.462 e. The van der Waals surface area contributed by atoms with Crippen LogP contribution in [-0.4, -0.2) is 25.8 Å². The molecule has 0 aliphatic rings. The highest BCUT2D eigenvalue weighted by Gasteiger charge is 2.36. The molecule has 0 amide bonds. The van der Waals surface area contributed by atoms with E-state index < -0.39 is 13.6 Å². The average Bonchev–Trinajstić information content (AvgIpc) is 2.68. The van der Waals surface area contributed by atoms with Gasteiger partial charge >= 0.3 is 13.6 Å². The van der Waals surface area contributed by atoms with Crippen molar-refractivity contribution in [1.82, 2.24) is 0 Å². The van der Waals surface area contributed by atoms with Crippen molar-refractivity contribution in [1.29, 1.82) is 0 Å². The summed E-state index contributed by atoms with van der Waals surface area (Å²) in [5.41, 5.74) is 2.84. The van der Waals surface area contributed by atoms with Crippen LogP contribution in [0, 0.1) is 0 Å². The third-order valence-corrected chi connectivity index (χ3v) is 5.80. The summed E-state index contributed by atoms with van der Waals surface area (Å²) in [4.78, 5) is 12.4. The number of carbonyl (C=O) groups excluding carboxylic acids is 1. The number of benzene rings is 2. The smallest absolute Gasteiger partial charge is 0.368 e. The Hall–Kier alpha value is -2.20. The van der Waals surface area contributed by atoms with Crippen LogP contribution in [0.4, 0.5) is 0 Å². The Balaban J connectivity index is 2.41. The fraction of sp³-hybridized carbons (Fsp3) is 0.286. The van der Waals surface area contributed by atoms with Crippen molar-refractivity contribution in [3.63, 3.8) is 0 Å². The van der Waals surface area contributed by atoms with E-state index in [-0.39, 0.29) is 25.1 Å². The predicted molar refractivity (Wildman–Crippen MR) is 107 cm³/mol. The number of ether oxygens (including phenoxy) is 1. The molecule has 0 fully saturated rings. The zero-order valence-corrected chi connectivity index (χ0v) is 16.8. The van der Waals surface area contributed by atoms with Gasteiger partial charge < -0.3 is 13.8 Å². The number of carbonyl (C=O) groups is 1. The summed E-state index contributed by atoms with van der Waals surface area (Å²) in [6.07, 6.45) is 1.51. The van der Waals surface area contributed by atoms with Gasteiger partial charge in [0.25, 0.3) is 0 Å². The third kappa shape index (κ3) is 5.64. The second-order valence-corrected chi connectivity index (χ2v) is 7.56. The first-order chi connectivity index (χ1) is 13.0. The Morgan fingerprint density at radius 2 is 1.41 bits per heavy atom. The molecule has 0 unspecified atom stereocenters. The van der Waals surface area contributed by atoms with Crippen molar-refractivity contribution in [3.05, 3.63) is 65.5 Å². The summed E-state index contributed by atoms with van der Waals surface area (Å²) >= 11 is 0. The van der Waals surface area contributed by atoms with Gasteiger partial charge in [0.05, 0.1) is 19.8 Å². The SMILES string of the molecule is CCOC(=O)C(=Cc1ccc(-c2ccccc2)cc1)P(=O)(OCC)OCC. The van der Waals surface area contributed by atoms with E-state index in [1.165, 1.54) is 6.08 Å². The van der Waals surface area contributed by atoms with Crippen LogP contribution in [0.5, 0.6) is 0 Å². The van der Waals surface area contributed by atoms with Crippen LogP contribution in [-0.2, 0) is 23.1 Å². The van der Waals surface area contributed by atoms with Gasteiger partial charge in [0.2, 0.25) is 0 Å². The Labute approximate surface area is 160 Å². The molecule has 0 saturated carbocycles. The molecule has 2 rings (SSSR count). The lowest BCUT2D eigenvalue weighted by Crippen LogP contribution is -2.11. The minimum Gasteiger partial charge on any atom is -0.462 e. The Morgan fingerprint density at radius 1 is 0.852 bits per heavy atom. The number of esters is 1. The molecule has 2 aromatic carbocycles. The maximum atomic E-state index is 13.1. The molecule has 6 heteroatoms. The molecule has 2 aromatic rings. The quantitative estimate of drug-likeness (QED) is 0.321. The number of rotatable bonds is 9. The van der Waals surface area contributed by atoms with E-state index in [0.29, 0.717) is 5.56 Å². The molecule has 27 heavy (non-hydrogen) atoms. The molecule has 144 valence electrons. The zero-order chi connectivity index (χ0) is 19.7. The van der Waals surface area contributed by atoms with Crippen LogP contribution in [0.25, 0.3) is 17.2 Å². The summed E-state index contributed by atoms with van der Waals surface area (Å²) in [6, 6.07) is 17.5. The van der Waals surface area contributed by atoms with Gasteiger partial charge in [0.1, 0.15) is 5.31 Å². The van der Waals surface area contributed by atoms with Crippen LogP contribution in [0.3, 0.4) is 0 Å². The van der Waals surface area contributed by atoms with Crippen molar-refractivity contribution in [2.24, 2.45) is 0 Å². The van der Waals surface area contributed by atoms with Gasteiger partial charge in [-0.2, -0.15) is 0 Å². The van der Waals surface area contributed by atoms with E-state index in [1.807, 2.05) is 54.6 Å². The standard InChI is InChI=1S/C21H25O5P/c1-4-24-21(22)20(27(23,25-5-2)26-6-3)16-17-12-14-19(15-13-17)18-10-8-7-9-11-18/h7-16H,4-6H2,1-3H3. The highest BCUT2D eigenvalue weighted by Crippen LogP contribution is 2.57. The normalized spacial score (nSPS) is 12.0. The van der Waals surface area contributed by atoms with E-state index >= 15 is 0 Å². The molecule has 5 nitrogen and oxygen atoms in total. The summed E-state index contributed by atoms with van der Waals surface area (Å²) in [6.45, 7) is 5.56. The first-order valence-electron chi connectivity index (χ1n) is 8.98. The highest BCUT2D eigenvalue weighted by molar-refractivity contribution is 7.60. The van der Waals surface area contributed by atoms with Gasteiger partial charge in [-0.3, -0.25) is 4.57 Å². The average molecular weight is 388 g/mol. The van der Waals surface area contributed by atoms with Gasteiger partial charge in [0, 0.05) is 0 Å². The summed E-state index contributed by atoms with van der Waals surface area (Å²) in [5.74, 6) is -0.699. The first kappa shape index (κ1) is 21.1. The van der Waals surface area contributed by atoms with Crippen LogP contribution in [0.2, 0.25) is 0 Å². The maximum Gasteiger partial charge on any atom is 0.368 e. The fourth-order valence-corrected chi connectivity index (χ4v) is 4.16. The maximum absolute atomic E-state index is 13.1. The molecule has 0 aromatic heterocycles. The van der Waals surface area contributed by atoms with Crippen LogP contribution in [0.1, 0.15) is 26.3 Å². The van der Waals surface area contributed by atoms with Gasteiger partial charge in [-0.15, -0.1) is 0 Å². The lowest BCUT2D eigenvalue weighted by Gasteiger charge is -2.19. The van der Waals surface area contributed by atoms with Crippen molar-refractivity contribution in [2.75, 3.05) is 19.8 Å². The van der Waals surface area contributed by atoms with Crippen LogP contribution >= 0.6 is 7.60 Å². The number of hydrogen-bond acceptors (Lipinski definition) is 5. The van der Waals surface area contributed by atoms with Crippen molar-refractivity contribution >= 4 is 19.6 Å². The molecular formula is C21H25O5P. The highest BCUT2D eigenvalue weighted by atomic mass is 31.2. The molecule has 0 spiro atoms. The lowest BCUT2D eigenvalue weighted by atomic mass is 10.0. The van der Waals surface area contributed by atoms with E-state index in [1.54, 1.807) is 20.8 Å². The predicted octanol–water partition coefficient (Wildman–Crippen LogP) is 5.52. The van der Waals surface area contributed by atoms with Crippen molar-refractivity contribution < 1.29 is 23.1 Å². The summed E-state index contributed by atoms with van der Waals surface area (Å²) in [7, 11) is -3.76. The van der Waals surface area contributed by atoms with Gasteiger partial charge in [-0.05, 0) is 43.5 Å². The van der Waals surface area contributed by atoms with Gasteiger partial charge in [-0.1, -0.05) is 54.6 Å². The molecule has 0 N–H and O–H groups in total. The first-order valence-corrected chi connectivity index (χ1v) is 10.5. The summed E-state index contributed by atoms with van der Waals surface area (Å²) in [5, 5.41) is -0.0967. The van der Waals surface area contributed by atoms with E-state index in [9.17, 15) is 9.36 Å². The molecule has 0 radical (unpaired) electrons. The van der Waals surface area contributed by atoms with Crippen LogP contribution in [0.15, 0.2) is 59.9 Å². The molecule has 0 atom stereocenters. The van der Waals surface area contributed by atoms with E-state index in [2.05, 4.69) is 0 Å². The second-order valence-electron chi connectivity index (χ2n) is 5.57. The lowest BCUT2D eigenvalue weighted by molar-refractivity contribution is -0.137. The molecular weight excluding hydrogens is 363 g/mol. The van der Waals surface area contributed by atoms with Crippen molar-refractivity contribution in [3.8, 4) is 11.1 Å². The zero-order valence-electron chi connectivity index (χ0n) is 15.9. The fourth-order valence-electron chi connectivity index (χ4n) is 2.53. The minimum atomic E-state index is -3.76. The van der Waals surface area contributed by atoms with Gasteiger partial charge in [0.15, 0.2) is 0 Å². The molecule has 0 bridgehead atoms.